The molecule has 0 N–H and O–H groups in total. The van der Waals surface area contributed by atoms with Crippen LogP contribution >= 0.6 is 0 Å². The number of hydrogen-bond acceptors (Lipinski definition) is 4. The predicted octanol–water partition coefficient (Wildman–Crippen LogP) is 13.2. The summed E-state index contributed by atoms with van der Waals surface area (Å²) in [6, 6.07) is 67.3. The van der Waals surface area contributed by atoms with Gasteiger partial charge < -0.3 is 8.98 Å². The molecule has 56 heavy (non-hydrogen) atoms. The van der Waals surface area contributed by atoms with Gasteiger partial charge in [0.05, 0.1) is 16.7 Å². The number of benzene rings is 8. The molecule has 0 spiro atoms. The van der Waals surface area contributed by atoms with Crippen LogP contribution < -0.4 is 0 Å². The third kappa shape index (κ3) is 5.21. The number of hydrogen-bond donors (Lipinski definition) is 0. The molecule has 0 radical (unpaired) electrons. The topological polar surface area (TPSA) is 56.7 Å². The molecule has 0 bridgehead atoms. The van der Waals surface area contributed by atoms with Crippen molar-refractivity contribution in [3.63, 3.8) is 0 Å². The van der Waals surface area contributed by atoms with Crippen molar-refractivity contribution in [3.05, 3.63) is 194 Å². The Morgan fingerprint density at radius 2 is 0.804 bits per heavy atom. The number of rotatable bonds is 6. The quantitative estimate of drug-likeness (QED) is 0.172. The van der Waals surface area contributed by atoms with Crippen LogP contribution in [0.25, 0.3) is 106 Å². The molecule has 3 aromatic heterocycles. The minimum atomic E-state index is 0.627. The van der Waals surface area contributed by atoms with Gasteiger partial charge in [0.25, 0.3) is 0 Å². The smallest absolute Gasteiger partial charge is 0.164 e. The van der Waals surface area contributed by atoms with Crippen molar-refractivity contribution in [1.29, 1.82) is 0 Å². The fraction of sp³-hybridized carbons (Fsp3) is 0. The molecule has 262 valence electrons. The van der Waals surface area contributed by atoms with Gasteiger partial charge in [-0.25, -0.2) is 15.0 Å². The van der Waals surface area contributed by atoms with Gasteiger partial charge in [0.15, 0.2) is 23.1 Å². The summed E-state index contributed by atoms with van der Waals surface area (Å²) in [5.74, 6) is 1.91. The maximum atomic E-state index is 6.84. The molecule has 0 aliphatic heterocycles. The van der Waals surface area contributed by atoms with Crippen molar-refractivity contribution in [2.45, 2.75) is 0 Å². The normalized spacial score (nSPS) is 11.6. The van der Waals surface area contributed by atoms with E-state index in [1.165, 1.54) is 21.9 Å². The van der Waals surface area contributed by atoms with Crippen LogP contribution in [0.1, 0.15) is 0 Å². The van der Waals surface area contributed by atoms with E-state index < -0.39 is 0 Å². The van der Waals surface area contributed by atoms with E-state index in [0.717, 1.165) is 66.5 Å². The van der Waals surface area contributed by atoms with Gasteiger partial charge in [0, 0.05) is 38.2 Å². The number of nitrogens with zero attached hydrogens (tertiary/aromatic N) is 4. The first-order chi connectivity index (χ1) is 27.8. The number of para-hydroxylation sites is 2. The zero-order valence-electron chi connectivity index (χ0n) is 30.2. The van der Waals surface area contributed by atoms with Crippen molar-refractivity contribution < 1.29 is 4.42 Å². The molecule has 8 aromatic carbocycles. The van der Waals surface area contributed by atoms with Gasteiger partial charge in [0.2, 0.25) is 0 Å². The third-order valence-corrected chi connectivity index (χ3v) is 10.7. The van der Waals surface area contributed by atoms with Gasteiger partial charge in [-0.3, -0.25) is 0 Å². The Bertz CT molecular complexity index is 3160. The Morgan fingerprint density at radius 1 is 0.339 bits per heavy atom. The van der Waals surface area contributed by atoms with Crippen LogP contribution in [0.2, 0.25) is 0 Å². The van der Waals surface area contributed by atoms with E-state index in [-0.39, 0.29) is 0 Å². The molecule has 0 aliphatic rings. The van der Waals surface area contributed by atoms with Crippen molar-refractivity contribution in [2.24, 2.45) is 0 Å². The molecule has 0 aliphatic carbocycles. The molecule has 3 heterocycles. The van der Waals surface area contributed by atoms with Gasteiger partial charge in [-0.2, -0.15) is 0 Å². The summed E-state index contributed by atoms with van der Waals surface area (Å²) in [6.07, 6.45) is 0. The maximum absolute atomic E-state index is 6.84. The second kappa shape index (κ2) is 13.0. The first-order valence-electron chi connectivity index (χ1n) is 18.8. The maximum Gasteiger partial charge on any atom is 0.164 e. The molecule has 0 saturated carbocycles. The molecule has 5 nitrogen and oxygen atoms in total. The first-order valence-corrected chi connectivity index (χ1v) is 18.8. The molecule has 0 fully saturated rings. The van der Waals surface area contributed by atoms with Gasteiger partial charge in [-0.05, 0) is 46.5 Å². The van der Waals surface area contributed by atoms with Crippen LogP contribution in [0.5, 0.6) is 0 Å². The van der Waals surface area contributed by atoms with E-state index in [4.69, 9.17) is 19.4 Å². The highest BCUT2D eigenvalue weighted by Gasteiger charge is 2.21. The van der Waals surface area contributed by atoms with E-state index in [0.29, 0.717) is 17.5 Å². The van der Waals surface area contributed by atoms with Crippen LogP contribution in [-0.4, -0.2) is 19.5 Å². The van der Waals surface area contributed by atoms with Crippen LogP contribution in [0.15, 0.2) is 199 Å². The second-order valence-corrected chi connectivity index (χ2v) is 14.0. The Balaban J connectivity index is 1.05. The lowest BCUT2D eigenvalue weighted by Gasteiger charge is -2.10. The molecule has 0 saturated heterocycles. The summed E-state index contributed by atoms with van der Waals surface area (Å²) in [6.45, 7) is 0. The third-order valence-electron chi connectivity index (χ3n) is 10.7. The molecular formula is C51H32N4O. The molecule has 0 unspecified atom stereocenters. The van der Waals surface area contributed by atoms with E-state index in [1.54, 1.807) is 0 Å². The summed E-state index contributed by atoms with van der Waals surface area (Å²) >= 11 is 0. The minimum absolute atomic E-state index is 0.627. The number of furan rings is 1. The fourth-order valence-corrected chi connectivity index (χ4v) is 8.12. The Labute approximate surface area is 322 Å². The standard InChI is InChI=1S/C51H32N4O/c1-4-15-33(16-5-1)38-22-12-26-43-46(38)40-21-10-11-25-42(40)55(43)44-27-13-24-41-47-39(23-14-28-45(47)56-48(41)44)34-29-31-37(32-30-34)51-53-49(35-17-6-2-7-18-35)52-50(54-51)36-19-8-3-9-20-36/h1-32H. The van der Waals surface area contributed by atoms with E-state index in [9.17, 15) is 0 Å². The highest BCUT2D eigenvalue weighted by Crippen LogP contribution is 2.43. The molecule has 0 amide bonds. The summed E-state index contributed by atoms with van der Waals surface area (Å²) in [5.41, 5.74) is 12.4. The number of aromatic nitrogens is 4. The SMILES string of the molecule is c1ccc(-c2nc(-c3ccccc3)nc(-c3ccc(-c4cccc5oc6c(-n7c8ccccc8c8c(-c9ccccc9)cccc87)cccc6c45)cc3)n2)cc1. The van der Waals surface area contributed by atoms with Crippen molar-refractivity contribution in [2.75, 3.05) is 0 Å². The fourth-order valence-electron chi connectivity index (χ4n) is 8.12. The molecule has 11 aromatic rings. The zero-order chi connectivity index (χ0) is 37.0. The van der Waals surface area contributed by atoms with Gasteiger partial charge in [0.1, 0.15) is 5.58 Å². The summed E-state index contributed by atoms with van der Waals surface area (Å²) in [5, 5.41) is 4.59. The lowest BCUT2D eigenvalue weighted by molar-refractivity contribution is 0.666. The summed E-state index contributed by atoms with van der Waals surface area (Å²) in [7, 11) is 0. The first kappa shape index (κ1) is 31.9. The lowest BCUT2D eigenvalue weighted by atomic mass is 9.98. The minimum Gasteiger partial charge on any atom is -0.454 e. The highest BCUT2D eigenvalue weighted by atomic mass is 16.3. The van der Waals surface area contributed by atoms with Gasteiger partial charge in [-0.15, -0.1) is 0 Å². The van der Waals surface area contributed by atoms with Crippen molar-refractivity contribution in [3.8, 4) is 62.1 Å². The predicted molar refractivity (Wildman–Crippen MR) is 229 cm³/mol. The van der Waals surface area contributed by atoms with Crippen LogP contribution in [0.3, 0.4) is 0 Å². The average molecular weight is 717 g/mol. The second-order valence-electron chi connectivity index (χ2n) is 14.0. The van der Waals surface area contributed by atoms with E-state index in [2.05, 4.69) is 138 Å². The van der Waals surface area contributed by atoms with Gasteiger partial charge in [-0.1, -0.05) is 170 Å². The van der Waals surface area contributed by atoms with Crippen molar-refractivity contribution in [1.82, 2.24) is 19.5 Å². The Kier molecular flexibility index (Phi) is 7.42. The van der Waals surface area contributed by atoms with Crippen LogP contribution in [0.4, 0.5) is 0 Å². The Hall–Kier alpha value is -7.63. The molecule has 0 atom stereocenters. The Morgan fingerprint density at radius 3 is 1.46 bits per heavy atom. The lowest BCUT2D eigenvalue weighted by Crippen LogP contribution is -2.00. The molecular weight excluding hydrogens is 685 g/mol. The largest absolute Gasteiger partial charge is 0.454 e. The van der Waals surface area contributed by atoms with Crippen LogP contribution in [0, 0.1) is 0 Å². The van der Waals surface area contributed by atoms with E-state index in [1.807, 2.05) is 60.7 Å². The summed E-state index contributed by atoms with van der Waals surface area (Å²) in [4.78, 5) is 14.8. The van der Waals surface area contributed by atoms with Gasteiger partial charge >= 0.3 is 0 Å². The number of fused-ring (bicyclic) bond motifs is 6. The van der Waals surface area contributed by atoms with Crippen LogP contribution in [-0.2, 0) is 0 Å². The molecule has 11 rings (SSSR count). The highest BCUT2D eigenvalue weighted by molar-refractivity contribution is 6.18. The average Bonchev–Trinajstić information content (AvgIpc) is 3.84. The zero-order valence-corrected chi connectivity index (χ0v) is 30.2. The summed E-state index contributed by atoms with van der Waals surface area (Å²) < 4.78 is 9.20. The van der Waals surface area contributed by atoms with E-state index >= 15 is 0 Å². The molecule has 5 heteroatoms. The monoisotopic (exact) mass is 716 g/mol. The van der Waals surface area contributed by atoms with Crippen molar-refractivity contribution >= 4 is 43.7 Å².